The third kappa shape index (κ3) is 3.56. The van der Waals surface area contributed by atoms with Gasteiger partial charge in [-0.1, -0.05) is 60.3 Å². The Balaban J connectivity index is 1.62. The maximum absolute atomic E-state index is 13.9. The minimum absolute atomic E-state index is 0.164. The molecule has 1 saturated carbocycles. The molecule has 1 aliphatic heterocycles. The molecular formula is C26H23Cl2N5O. The van der Waals surface area contributed by atoms with Crippen molar-refractivity contribution in [2.45, 2.75) is 44.2 Å². The molecule has 8 heteroatoms. The number of aromatic nitrogens is 4. The Labute approximate surface area is 207 Å². The number of hydrogen-bond acceptors (Lipinski definition) is 5. The Bertz CT molecular complexity index is 1420. The average Bonchev–Trinajstić information content (AvgIpc) is 3.24. The summed E-state index contributed by atoms with van der Waals surface area (Å²) in [6.45, 7) is 0. The summed E-state index contributed by atoms with van der Waals surface area (Å²) in [7, 11) is 0. The van der Waals surface area contributed by atoms with Crippen molar-refractivity contribution in [1.29, 1.82) is 0 Å². The Morgan fingerprint density at radius 1 is 0.912 bits per heavy atom. The zero-order chi connectivity index (χ0) is 23.2. The summed E-state index contributed by atoms with van der Waals surface area (Å²) in [5.41, 5.74) is 1.19. The van der Waals surface area contributed by atoms with E-state index in [1.807, 2.05) is 42.5 Å². The quantitative estimate of drug-likeness (QED) is 0.329. The average molecular weight is 492 g/mol. The van der Waals surface area contributed by atoms with Crippen LogP contribution in [-0.2, 0) is 0 Å². The van der Waals surface area contributed by atoms with Crippen molar-refractivity contribution < 1.29 is 0 Å². The number of nitrogens with zero attached hydrogens (tertiary/aromatic N) is 5. The number of rotatable bonds is 3. The summed E-state index contributed by atoms with van der Waals surface area (Å²) in [6.07, 6.45) is 7.16. The fraction of sp³-hybridized carbons (Fsp3) is 0.308. The van der Waals surface area contributed by atoms with Gasteiger partial charge in [0.05, 0.1) is 27.7 Å². The van der Waals surface area contributed by atoms with Gasteiger partial charge in [0.15, 0.2) is 0 Å². The van der Waals surface area contributed by atoms with E-state index in [0.717, 1.165) is 31.4 Å². The third-order valence-corrected chi connectivity index (χ3v) is 7.64. The third-order valence-electron chi connectivity index (χ3n) is 7.11. The molecule has 0 radical (unpaired) electrons. The molecule has 3 atom stereocenters. The van der Waals surface area contributed by atoms with Gasteiger partial charge in [-0.3, -0.25) is 9.36 Å². The predicted octanol–water partition coefficient (Wildman–Crippen LogP) is 5.99. The van der Waals surface area contributed by atoms with Gasteiger partial charge in [-0.2, -0.15) is 0 Å². The summed E-state index contributed by atoms with van der Waals surface area (Å²) in [4.78, 5) is 30.4. The van der Waals surface area contributed by atoms with E-state index in [0.29, 0.717) is 38.8 Å². The van der Waals surface area contributed by atoms with Crippen LogP contribution in [0.15, 0.2) is 65.6 Å². The van der Waals surface area contributed by atoms with Gasteiger partial charge in [0.2, 0.25) is 5.95 Å². The highest BCUT2D eigenvalue weighted by Crippen LogP contribution is 2.47. The lowest BCUT2D eigenvalue weighted by Gasteiger charge is -2.34. The molecule has 2 fully saturated rings. The minimum atomic E-state index is -0.168. The monoisotopic (exact) mass is 491 g/mol. The Hall–Kier alpha value is -2.96. The van der Waals surface area contributed by atoms with E-state index in [-0.39, 0.29) is 17.6 Å². The highest BCUT2D eigenvalue weighted by molar-refractivity contribution is 6.35. The summed E-state index contributed by atoms with van der Waals surface area (Å²) in [6, 6.07) is 16.9. The topological polar surface area (TPSA) is 63.9 Å². The molecule has 0 unspecified atom stereocenters. The first-order valence-corrected chi connectivity index (χ1v) is 12.4. The van der Waals surface area contributed by atoms with Crippen molar-refractivity contribution >= 4 is 40.1 Å². The number of para-hydroxylation sites is 1. The molecule has 4 aromatic rings. The lowest BCUT2D eigenvalue weighted by atomic mass is 9.84. The molecule has 1 saturated heterocycles. The molecule has 2 aromatic carbocycles. The van der Waals surface area contributed by atoms with E-state index in [9.17, 15) is 4.79 Å². The Morgan fingerprint density at radius 3 is 2.56 bits per heavy atom. The van der Waals surface area contributed by atoms with E-state index in [1.165, 1.54) is 6.42 Å². The largest absolute Gasteiger partial charge is 0.327 e. The molecule has 6 rings (SSSR count). The molecule has 172 valence electrons. The predicted molar refractivity (Wildman–Crippen MR) is 135 cm³/mol. The number of benzene rings is 2. The van der Waals surface area contributed by atoms with Gasteiger partial charge in [-0.05, 0) is 55.5 Å². The molecule has 0 amide bonds. The molecule has 3 heterocycles. The van der Waals surface area contributed by atoms with Crippen LogP contribution in [-0.4, -0.2) is 25.6 Å². The molecule has 6 nitrogen and oxygen atoms in total. The van der Waals surface area contributed by atoms with Crippen LogP contribution in [0.3, 0.4) is 0 Å². The molecule has 2 aliphatic rings. The highest BCUT2D eigenvalue weighted by atomic mass is 35.5. The van der Waals surface area contributed by atoms with Gasteiger partial charge < -0.3 is 4.90 Å². The van der Waals surface area contributed by atoms with Crippen molar-refractivity contribution in [3.63, 3.8) is 0 Å². The lowest BCUT2D eigenvalue weighted by molar-refractivity contribution is 0.340. The van der Waals surface area contributed by atoms with Gasteiger partial charge in [-0.25, -0.2) is 15.0 Å². The molecule has 0 spiro atoms. The Morgan fingerprint density at radius 2 is 1.74 bits per heavy atom. The number of anilines is 1. The first kappa shape index (κ1) is 21.6. The van der Waals surface area contributed by atoms with E-state index in [2.05, 4.69) is 14.9 Å². The van der Waals surface area contributed by atoms with Crippen LogP contribution in [0.4, 0.5) is 5.95 Å². The standard InChI is InChI=1S/C26H23Cl2N5O/c27-18-10-6-11-19-23(18)25(34)32(17-8-2-1-3-9-17)24(30-19)21-15-16-7-4-5-12-20(16)33(21)26-29-14-13-22(28)31-26/h1-3,6,8-11,13-14,16,20-21H,4-5,7,12,15H2/t16-,20-,21-/m0/s1. The zero-order valence-electron chi connectivity index (χ0n) is 18.4. The zero-order valence-corrected chi connectivity index (χ0v) is 20.0. The van der Waals surface area contributed by atoms with Crippen LogP contribution in [0.5, 0.6) is 0 Å². The maximum atomic E-state index is 13.9. The van der Waals surface area contributed by atoms with Crippen molar-refractivity contribution in [3.8, 4) is 5.69 Å². The molecule has 1 aliphatic carbocycles. The molecule has 2 aromatic heterocycles. The molecule has 34 heavy (non-hydrogen) atoms. The second-order valence-electron chi connectivity index (χ2n) is 9.03. The molecule has 0 N–H and O–H groups in total. The van der Waals surface area contributed by atoms with E-state index in [1.54, 1.807) is 22.9 Å². The summed E-state index contributed by atoms with van der Waals surface area (Å²) < 4.78 is 1.72. The van der Waals surface area contributed by atoms with E-state index >= 15 is 0 Å². The fourth-order valence-corrected chi connectivity index (χ4v) is 6.07. The summed E-state index contributed by atoms with van der Waals surface area (Å²) in [5, 5.41) is 1.24. The van der Waals surface area contributed by atoms with Crippen LogP contribution < -0.4 is 10.5 Å². The Kier molecular flexibility index (Phi) is 5.50. The van der Waals surface area contributed by atoms with Gasteiger partial charge in [0, 0.05) is 12.2 Å². The van der Waals surface area contributed by atoms with Crippen LogP contribution in [0.2, 0.25) is 10.2 Å². The molecular weight excluding hydrogens is 469 g/mol. The van der Waals surface area contributed by atoms with E-state index in [4.69, 9.17) is 28.2 Å². The lowest BCUT2D eigenvalue weighted by Crippen LogP contribution is -2.39. The van der Waals surface area contributed by atoms with Gasteiger partial charge in [0.1, 0.15) is 11.0 Å². The second-order valence-corrected chi connectivity index (χ2v) is 9.82. The summed E-state index contributed by atoms with van der Waals surface area (Å²) >= 11 is 12.8. The van der Waals surface area contributed by atoms with E-state index < -0.39 is 0 Å². The highest BCUT2D eigenvalue weighted by Gasteiger charge is 2.46. The number of fused-ring (bicyclic) bond motifs is 2. The van der Waals surface area contributed by atoms with Gasteiger partial charge in [-0.15, -0.1) is 0 Å². The van der Waals surface area contributed by atoms with Crippen molar-refractivity contribution in [3.05, 3.63) is 87.1 Å². The van der Waals surface area contributed by atoms with Crippen LogP contribution in [0, 0.1) is 5.92 Å². The van der Waals surface area contributed by atoms with Crippen molar-refractivity contribution in [2.75, 3.05) is 4.90 Å². The number of halogens is 2. The van der Waals surface area contributed by atoms with Gasteiger partial charge in [0.25, 0.3) is 5.56 Å². The van der Waals surface area contributed by atoms with Crippen LogP contribution in [0.1, 0.15) is 44.0 Å². The number of hydrogen-bond donors (Lipinski definition) is 0. The smallest absolute Gasteiger partial charge is 0.267 e. The molecule has 0 bridgehead atoms. The van der Waals surface area contributed by atoms with Crippen LogP contribution in [0.25, 0.3) is 16.6 Å². The SMILES string of the molecule is O=c1c2c(Cl)cccc2nc([C@@H]2C[C@@H]3CCCC[C@@H]3N2c2nccc(Cl)n2)n1-c1ccccc1. The normalized spacial score (nSPS) is 22.2. The maximum Gasteiger partial charge on any atom is 0.267 e. The van der Waals surface area contributed by atoms with Crippen LogP contribution >= 0.6 is 23.2 Å². The first-order valence-electron chi connectivity index (χ1n) is 11.7. The fourth-order valence-electron chi connectivity index (χ4n) is 5.69. The van der Waals surface area contributed by atoms with Crippen molar-refractivity contribution in [2.24, 2.45) is 5.92 Å². The summed E-state index contributed by atoms with van der Waals surface area (Å²) in [5.74, 6) is 1.76. The second kappa shape index (κ2) is 8.67. The van der Waals surface area contributed by atoms with Gasteiger partial charge >= 0.3 is 0 Å². The van der Waals surface area contributed by atoms with Crippen molar-refractivity contribution in [1.82, 2.24) is 19.5 Å². The first-order chi connectivity index (χ1) is 16.6. The minimum Gasteiger partial charge on any atom is -0.327 e.